The molecule has 0 N–H and O–H groups in total. The molecule has 18 heavy (non-hydrogen) atoms. The molecule has 1 atom stereocenters. The Bertz CT molecular complexity index is 460. The molecule has 1 aliphatic rings. The molecule has 2 rings (SSSR count). The highest BCUT2D eigenvalue weighted by molar-refractivity contribution is 5.80. The van der Waals surface area contributed by atoms with Gasteiger partial charge in [0.05, 0.1) is 12.0 Å². The van der Waals surface area contributed by atoms with Gasteiger partial charge in [0.1, 0.15) is 18.1 Å². The second-order valence-electron chi connectivity index (χ2n) is 4.01. The molecule has 0 aliphatic carbocycles. The number of nitro groups is 1. The first-order valence-corrected chi connectivity index (χ1v) is 5.58. The van der Waals surface area contributed by atoms with Crippen LogP contribution in [-0.2, 0) is 9.53 Å². The number of carbonyl (C=O) groups excluding carboxylic acids is 1. The molecule has 1 aliphatic heterocycles. The molecule has 1 aromatic heterocycles. The number of nitrogens with zero attached hydrogens (tertiary/aromatic N) is 3. The number of pyridine rings is 1. The molecule has 96 valence electrons. The first-order valence-electron chi connectivity index (χ1n) is 5.58. The van der Waals surface area contributed by atoms with Gasteiger partial charge in [0.15, 0.2) is 0 Å². The summed E-state index contributed by atoms with van der Waals surface area (Å²) in [6.07, 6.45) is 2.78. The van der Waals surface area contributed by atoms with Crippen molar-refractivity contribution < 1.29 is 14.5 Å². The summed E-state index contributed by atoms with van der Waals surface area (Å²) in [6, 6.07) is 2.60. The smallest absolute Gasteiger partial charge is 0.328 e. The van der Waals surface area contributed by atoms with E-state index in [1.807, 2.05) is 4.90 Å². The second kappa shape index (κ2) is 4.99. The molecule has 0 amide bonds. The first kappa shape index (κ1) is 12.3. The van der Waals surface area contributed by atoms with Gasteiger partial charge in [-0.1, -0.05) is 0 Å². The SMILES string of the molecule is COC(=O)[C@@H]1CCCN1c1ccc([N+](=O)[O-])cn1. The minimum absolute atomic E-state index is 0.0624. The van der Waals surface area contributed by atoms with Gasteiger partial charge in [0, 0.05) is 12.6 Å². The van der Waals surface area contributed by atoms with Crippen LogP contribution in [0.5, 0.6) is 0 Å². The predicted octanol–water partition coefficient (Wildman–Crippen LogP) is 1.13. The molecule has 7 heteroatoms. The summed E-state index contributed by atoms with van der Waals surface area (Å²) in [5.74, 6) is 0.265. The van der Waals surface area contributed by atoms with E-state index < -0.39 is 4.92 Å². The van der Waals surface area contributed by atoms with E-state index in [0.717, 1.165) is 6.42 Å². The molecule has 0 unspecified atom stereocenters. The molecule has 0 radical (unpaired) electrons. The molecule has 0 aromatic carbocycles. The summed E-state index contributed by atoms with van der Waals surface area (Å²) in [5.41, 5.74) is -0.0624. The Balaban J connectivity index is 2.20. The van der Waals surface area contributed by atoms with Crippen molar-refractivity contribution in [2.45, 2.75) is 18.9 Å². The van der Waals surface area contributed by atoms with Gasteiger partial charge in [0.2, 0.25) is 0 Å². The summed E-state index contributed by atoms with van der Waals surface area (Å²) in [6.45, 7) is 0.699. The van der Waals surface area contributed by atoms with Gasteiger partial charge in [-0.15, -0.1) is 0 Å². The van der Waals surface area contributed by atoms with Crippen LogP contribution < -0.4 is 4.90 Å². The highest BCUT2D eigenvalue weighted by Gasteiger charge is 2.32. The maximum Gasteiger partial charge on any atom is 0.328 e. The highest BCUT2D eigenvalue weighted by atomic mass is 16.6. The maximum absolute atomic E-state index is 11.6. The lowest BCUT2D eigenvalue weighted by Gasteiger charge is -2.23. The maximum atomic E-state index is 11.6. The van der Waals surface area contributed by atoms with E-state index >= 15 is 0 Å². The predicted molar refractivity (Wildman–Crippen MR) is 63.3 cm³/mol. The van der Waals surface area contributed by atoms with Gasteiger partial charge < -0.3 is 9.64 Å². The third kappa shape index (κ3) is 2.24. The van der Waals surface area contributed by atoms with Crippen molar-refractivity contribution in [3.05, 3.63) is 28.4 Å². The molecule has 1 fully saturated rings. The third-order valence-electron chi connectivity index (χ3n) is 2.96. The van der Waals surface area contributed by atoms with E-state index in [4.69, 9.17) is 4.74 Å². The highest BCUT2D eigenvalue weighted by Crippen LogP contribution is 2.25. The summed E-state index contributed by atoms with van der Waals surface area (Å²) in [5, 5.41) is 10.5. The van der Waals surface area contributed by atoms with Crippen LogP contribution in [0.1, 0.15) is 12.8 Å². The van der Waals surface area contributed by atoms with Crippen LogP contribution in [0.15, 0.2) is 18.3 Å². The number of esters is 1. The quantitative estimate of drug-likeness (QED) is 0.455. The number of rotatable bonds is 3. The van der Waals surface area contributed by atoms with E-state index in [1.54, 1.807) is 6.07 Å². The Kier molecular flexibility index (Phi) is 3.40. The number of hydrogen-bond donors (Lipinski definition) is 0. The van der Waals surface area contributed by atoms with Crippen LogP contribution in [0.4, 0.5) is 11.5 Å². The van der Waals surface area contributed by atoms with Crippen LogP contribution in [0.2, 0.25) is 0 Å². The number of methoxy groups -OCH3 is 1. The lowest BCUT2D eigenvalue weighted by Crippen LogP contribution is -2.37. The van der Waals surface area contributed by atoms with Crippen molar-refractivity contribution in [3.63, 3.8) is 0 Å². The molecule has 1 aromatic rings. The van der Waals surface area contributed by atoms with Crippen molar-refractivity contribution in [1.29, 1.82) is 0 Å². The molecule has 7 nitrogen and oxygen atoms in total. The fraction of sp³-hybridized carbons (Fsp3) is 0.455. The first-order chi connectivity index (χ1) is 8.63. The Morgan fingerprint density at radius 2 is 2.39 bits per heavy atom. The molecule has 0 bridgehead atoms. The fourth-order valence-electron chi connectivity index (χ4n) is 2.08. The van der Waals surface area contributed by atoms with Crippen molar-refractivity contribution in [2.24, 2.45) is 0 Å². The van der Waals surface area contributed by atoms with Gasteiger partial charge in [0.25, 0.3) is 5.69 Å². The van der Waals surface area contributed by atoms with Crippen LogP contribution in [0.25, 0.3) is 0 Å². The number of hydrogen-bond acceptors (Lipinski definition) is 6. The minimum Gasteiger partial charge on any atom is -0.467 e. The van der Waals surface area contributed by atoms with Gasteiger partial charge in [-0.25, -0.2) is 9.78 Å². The standard InChI is InChI=1S/C11H13N3O4/c1-18-11(15)9-3-2-6-13(9)10-5-4-8(7-12-10)14(16)17/h4-5,7,9H,2-3,6H2,1H3/t9-/m0/s1. The Morgan fingerprint density at radius 1 is 1.61 bits per heavy atom. The number of carbonyl (C=O) groups is 1. The summed E-state index contributed by atoms with van der Waals surface area (Å²) in [4.78, 5) is 27.4. The van der Waals surface area contributed by atoms with E-state index in [0.29, 0.717) is 18.8 Å². The van der Waals surface area contributed by atoms with Crippen molar-refractivity contribution in [2.75, 3.05) is 18.6 Å². The van der Waals surface area contributed by atoms with Gasteiger partial charge in [-0.3, -0.25) is 10.1 Å². The molecular weight excluding hydrogens is 238 g/mol. The normalized spacial score (nSPS) is 18.7. The van der Waals surface area contributed by atoms with E-state index in [9.17, 15) is 14.9 Å². The average Bonchev–Trinajstić information content (AvgIpc) is 2.87. The minimum atomic E-state index is -0.501. The summed E-state index contributed by atoms with van der Waals surface area (Å²) >= 11 is 0. The third-order valence-corrected chi connectivity index (χ3v) is 2.96. The zero-order chi connectivity index (χ0) is 13.1. The Labute approximate surface area is 104 Å². The molecule has 0 spiro atoms. The lowest BCUT2D eigenvalue weighted by atomic mass is 10.2. The largest absolute Gasteiger partial charge is 0.467 e. The Morgan fingerprint density at radius 3 is 2.94 bits per heavy atom. The topological polar surface area (TPSA) is 85.6 Å². The van der Waals surface area contributed by atoms with Gasteiger partial charge >= 0.3 is 5.97 Å². The van der Waals surface area contributed by atoms with Crippen molar-refractivity contribution in [3.8, 4) is 0 Å². The summed E-state index contributed by atoms with van der Waals surface area (Å²) < 4.78 is 4.73. The van der Waals surface area contributed by atoms with E-state index in [2.05, 4.69) is 4.98 Å². The van der Waals surface area contributed by atoms with Crippen molar-refractivity contribution >= 4 is 17.5 Å². The number of ether oxygens (including phenoxy) is 1. The number of aromatic nitrogens is 1. The van der Waals surface area contributed by atoms with Crippen LogP contribution in [0.3, 0.4) is 0 Å². The van der Waals surface area contributed by atoms with Gasteiger partial charge in [-0.2, -0.15) is 0 Å². The van der Waals surface area contributed by atoms with Crippen LogP contribution >= 0.6 is 0 Å². The van der Waals surface area contributed by atoms with E-state index in [-0.39, 0.29) is 17.7 Å². The van der Waals surface area contributed by atoms with Gasteiger partial charge in [-0.05, 0) is 18.9 Å². The zero-order valence-electron chi connectivity index (χ0n) is 9.91. The fourth-order valence-corrected chi connectivity index (χ4v) is 2.08. The van der Waals surface area contributed by atoms with Crippen LogP contribution in [-0.4, -0.2) is 35.6 Å². The van der Waals surface area contributed by atoms with Crippen LogP contribution in [0, 0.1) is 10.1 Å². The average molecular weight is 251 g/mol. The monoisotopic (exact) mass is 251 g/mol. The second-order valence-corrected chi connectivity index (χ2v) is 4.01. The Hall–Kier alpha value is -2.18. The zero-order valence-corrected chi connectivity index (χ0v) is 9.91. The van der Waals surface area contributed by atoms with Crippen molar-refractivity contribution in [1.82, 2.24) is 4.98 Å². The lowest BCUT2D eigenvalue weighted by molar-refractivity contribution is -0.385. The molecular formula is C11H13N3O4. The van der Waals surface area contributed by atoms with E-state index in [1.165, 1.54) is 19.4 Å². The molecule has 1 saturated heterocycles. The number of anilines is 1. The molecule has 0 saturated carbocycles. The summed E-state index contributed by atoms with van der Waals surface area (Å²) in [7, 11) is 1.35. The molecule has 2 heterocycles.